The molecule has 0 aliphatic rings. The predicted octanol–water partition coefficient (Wildman–Crippen LogP) is -27.7. The van der Waals surface area contributed by atoms with Gasteiger partial charge in [-0.25, -0.2) is 0 Å². The molecule has 0 saturated heterocycles. The Morgan fingerprint density at radius 2 is 0.455 bits per heavy atom. The Bertz CT molecular complexity index is 75.5. The van der Waals surface area contributed by atoms with Gasteiger partial charge in [-0.2, -0.15) is 7.82 Å². The van der Waals surface area contributed by atoms with E-state index in [-0.39, 0.29) is 223 Å². The van der Waals surface area contributed by atoms with Crippen molar-refractivity contribution in [1.82, 2.24) is 0 Å². The molecule has 0 amide bonds. The van der Waals surface area contributed by atoms with Gasteiger partial charge in [-0.1, -0.05) is 0 Å². The van der Waals surface area contributed by atoms with Gasteiger partial charge in [0.1, 0.15) is 0 Å². The van der Waals surface area contributed by atoms with Gasteiger partial charge >= 0.3 is 140 Å². The normalized spacial score (nSPS) is 2.68. The van der Waals surface area contributed by atoms with E-state index in [1.54, 1.807) is 0 Å². The van der Waals surface area contributed by atoms with E-state index in [0.29, 0.717) is 0 Å². The number of halogens is 1. The molecule has 0 aromatic heterocycles. The first-order valence-electron chi connectivity index (χ1n) is 0.730. The van der Waals surface area contributed by atoms with E-state index in [0.717, 1.165) is 0 Å². The molecule has 24 N–H and O–H groups in total. The predicted molar refractivity (Wildman–Crippen MR) is 51.0 cm³/mol. The SMILES string of the molecule is O.O.O.O.O.O.O.O.O.O.O.O.O=P([O-])([O-])[O-].[Br-].[K+].[Na+].[Na+].[Na+]. The minimum atomic E-state index is -5.39. The van der Waals surface area contributed by atoms with Crippen LogP contribution in [0.2, 0.25) is 0 Å². The van der Waals surface area contributed by atoms with Crippen LogP contribution in [0.5, 0.6) is 0 Å². The Balaban J connectivity index is -0.000000000588. The zero-order chi connectivity index (χ0) is 4.50. The van der Waals surface area contributed by atoms with Gasteiger partial charge in [0.25, 0.3) is 0 Å². The number of rotatable bonds is 0. The van der Waals surface area contributed by atoms with Gasteiger partial charge in [-0.15, -0.1) is 0 Å². The maximum atomic E-state index is 8.55. The molecular weight excluding hydrogens is 475 g/mol. The molecule has 22 heavy (non-hydrogen) atoms. The third-order valence-electron chi connectivity index (χ3n) is 0. The smallest absolute Gasteiger partial charge is 1.00 e. The topological polar surface area (TPSA) is 464 Å². The summed E-state index contributed by atoms with van der Waals surface area (Å²) in [5.41, 5.74) is 0. The summed E-state index contributed by atoms with van der Waals surface area (Å²) in [4.78, 5) is 25.6. The maximum absolute atomic E-state index is 8.55. The summed E-state index contributed by atoms with van der Waals surface area (Å²) in [5, 5.41) is 0. The molecule has 0 aliphatic carbocycles. The van der Waals surface area contributed by atoms with E-state index in [2.05, 4.69) is 0 Å². The summed E-state index contributed by atoms with van der Waals surface area (Å²) in [6, 6.07) is 0. The van der Waals surface area contributed by atoms with E-state index in [4.69, 9.17) is 19.2 Å². The fourth-order valence-corrected chi connectivity index (χ4v) is 0. The van der Waals surface area contributed by atoms with Crippen molar-refractivity contribution in [2.24, 2.45) is 0 Å². The summed E-state index contributed by atoms with van der Waals surface area (Å²) in [5.74, 6) is 0. The minimum absolute atomic E-state index is 0. The monoisotopic (exact) mass is 498 g/mol. The molecule has 0 aliphatic heterocycles. The van der Waals surface area contributed by atoms with E-state index < -0.39 is 7.82 Å². The van der Waals surface area contributed by atoms with Crippen LogP contribution in [0, 0.1) is 0 Å². The van der Waals surface area contributed by atoms with Crippen LogP contribution in [-0.2, 0) is 4.57 Å². The van der Waals surface area contributed by atoms with Crippen LogP contribution < -0.4 is 172 Å². The average molecular weight is 499 g/mol. The Labute approximate surface area is 245 Å². The Morgan fingerprint density at radius 3 is 0.455 bits per heavy atom. The zero-order valence-corrected chi connectivity index (χ0v) is 24.1. The maximum Gasteiger partial charge on any atom is 1.00 e. The first-order valence-corrected chi connectivity index (χ1v) is 2.19. The Kier molecular flexibility index (Phi) is 1440. The summed E-state index contributed by atoms with van der Waals surface area (Å²) in [6.07, 6.45) is 0. The molecule has 0 unspecified atom stereocenters. The van der Waals surface area contributed by atoms with Gasteiger partial charge in [0.15, 0.2) is 0 Å². The summed E-state index contributed by atoms with van der Waals surface area (Å²) in [7, 11) is -5.39. The van der Waals surface area contributed by atoms with E-state index in [9.17, 15) is 0 Å². The first-order chi connectivity index (χ1) is 2.00. The van der Waals surface area contributed by atoms with Crippen LogP contribution >= 0.6 is 7.82 Å². The molecule has 0 spiro atoms. The van der Waals surface area contributed by atoms with Gasteiger partial charge in [-0.3, -0.25) is 0 Å². The molecule has 0 atom stereocenters. The van der Waals surface area contributed by atoms with Crippen LogP contribution in [-0.4, -0.2) is 65.7 Å². The van der Waals surface area contributed by atoms with Gasteiger partial charge in [0.2, 0.25) is 0 Å². The molecular formula is H24BrKNa3O16P. The standard InChI is InChI=1S/BrH.K.3Na.H3O4P.12H2O/c;;;;;1-5(2,3)4;;;;;;;;;;;;/h1H;;;;;(H3,1,2,3,4);12*1H2/q;4*+1;;;;;;;;;;;;;/p-4. The van der Waals surface area contributed by atoms with Crippen LogP contribution in [0.15, 0.2) is 0 Å². The van der Waals surface area contributed by atoms with Gasteiger partial charge < -0.3 is 102 Å². The molecule has 0 rings (SSSR count). The first kappa shape index (κ1) is 232. The van der Waals surface area contributed by atoms with Crippen molar-refractivity contribution >= 4 is 7.82 Å². The third-order valence-corrected chi connectivity index (χ3v) is 0. The van der Waals surface area contributed by atoms with Crippen LogP contribution in [0.3, 0.4) is 0 Å². The van der Waals surface area contributed by atoms with Gasteiger partial charge in [0.05, 0.1) is 0 Å². The van der Waals surface area contributed by atoms with Crippen molar-refractivity contribution in [3.05, 3.63) is 0 Å². The summed E-state index contributed by atoms with van der Waals surface area (Å²) in [6.45, 7) is 0. The van der Waals surface area contributed by atoms with Crippen molar-refractivity contribution in [3.8, 4) is 0 Å². The minimum Gasteiger partial charge on any atom is -1.00 e. The van der Waals surface area contributed by atoms with Crippen molar-refractivity contribution < 1.29 is 242 Å². The fraction of sp³-hybridized carbons (Fsp3) is 0. The number of hydrogen-bond donors (Lipinski definition) is 0. The number of hydrogen-bond acceptors (Lipinski definition) is 4. The van der Waals surface area contributed by atoms with Crippen molar-refractivity contribution in [2.75, 3.05) is 0 Å². The second kappa shape index (κ2) is 137. The molecule has 0 aromatic carbocycles. The number of phosphoric acid groups is 1. The van der Waals surface area contributed by atoms with E-state index in [1.165, 1.54) is 0 Å². The fourth-order valence-electron chi connectivity index (χ4n) is 0. The Hall–Kier alpha value is 4.75. The van der Waals surface area contributed by atoms with Crippen LogP contribution in [0.1, 0.15) is 0 Å². The van der Waals surface area contributed by atoms with Gasteiger partial charge in [-0.05, 0) is 0 Å². The molecule has 22 heteroatoms. The van der Waals surface area contributed by atoms with Crippen molar-refractivity contribution in [2.45, 2.75) is 0 Å². The summed E-state index contributed by atoms with van der Waals surface area (Å²) < 4.78 is 8.55. The van der Waals surface area contributed by atoms with Crippen LogP contribution in [0.4, 0.5) is 0 Å². The molecule has 0 aromatic rings. The molecule has 136 valence electrons. The van der Waals surface area contributed by atoms with E-state index >= 15 is 0 Å². The van der Waals surface area contributed by atoms with Gasteiger partial charge in [0, 0.05) is 0 Å². The second-order valence-corrected chi connectivity index (χ2v) is 1.34. The molecule has 0 saturated carbocycles. The van der Waals surface area contributed by atoms with Crippen molar-refractivity contribution in [1.29, 1.82) is 0 Å². The summed E-state index contributed by atoms with van der Waals surface area (Å²) >= 11 is 0. The van der Waals surface area contributed by atoms with Crippen LogP contribution in [0.25, 0.3) is 0 Å². The second-order valence-electron chi connectivity index (χ2n) is 0.447. The molecule has 0 heterocycles. The third kappa shape index (κ3) is 619. The molecule has 16 nitrogen and oxygen atoms in total. The molecule has 0 fully saturated rings. The zero-order valence-electron chi connectivity index (χ0n) is 12.5. The quantitative estimate of drug-likeness (QED) is 0.231. The average Bonchev–Trinajstić information content (AvgIpc) is 0.722. The molecule has 0 radical (unpaired) electrons. The Morgan fingerprint density at radius 1 is 0.455 bits per heavy atom. The van der Waals surface area contributed by atoms with E-state index in [1.807, 2.05) is 0 Å². The molecule has 0 bridgehead atoms. The largest absolute Gasteiger partial charge is 1.00 e. The van der Waals surface area contributed by atoms with Crippen molar-refractivity contribution in [3.63, 3.8) is 0 Å².